The molecule has 11 heteroatoms. The Labute approximate surface area is 392 Å². The van der Waals surface area contributed by atoms with E-state index in [9.17, 15) is 40.2 Å². The van der Waals surface area contributed by atoms with Crippen LogP contribution in [-0.4, -0.2) is 110 Å². The molecular weight excluding hydrogens is 819 g/mol. The van der Waals surface area contributed by atoms with E-state index < -0.39 is 24.4 Å². The van der Waals surface area contributed by atoms with Crippen molar-refractivity contribution in [3.05, 3.63) is 0 Å². The predicted molar refractivity (Wildman–Crippen MR) is 253 cm³/mol. The standard InChI is InChI=1S/C54H93N3O8/c1-31(37-11-13-39-49-41(29-45(62)53(37,39)5)51(3)19-17-35(58)25-33(51)27-43(49)60)9-15-47(64)56-22-8-24-57(23-7-21-55)48(65)16-10-32(2)38-12-14-40-50-42(30-46(63)54(38,40)6)52(4)20-18-36(59)26-34(52)28-44(50)61/h31-46,49-50,58-63H,7-30,55H2,1-6H3,(H,56,64)/t31-,32-,33+,34+,35-,36-,37-,38-,39+,40+,41+,42+,43-,44-,45+,46+,49+,50+,51+,52+,53-,54-/m1/s1. The third-order valence-corrected chi connectivity index (χ3v) is 22.6. The SMILES string of the molecule is C[C@H](CCC(=O)NCCCN(CCCN)C(=O)CC[C@@H](C)[C@H]1CC[C@H]2[C@@H]3[C@H](O)C[C@@H]4C[C@H](O)CC[C@]4(C)[C@H]3C[C@H](O)[C@]12C)[C@H]1CC[C@H]2[C@@H]3[C@H](O)C[C@@H]4C[C@H](O)CC[C@]4(C)[C@H]3C[C@H](O)[C@]12C. The summed E-state index contributed by atoms with van der Waals surface area (Å²) in [7, 11) is 0. The number of carbonyl (C=O) groups excluding carboxylic acids is 2. The highest BCUT2D eigenvalue weighted by Gasteiger charge is 2.67. The first-order valence-electron chi connectivity index (χ1n) is 27.1. The first-order chi connectivity index (χ1) is 30.8. The first-order valence-corrected chi connectivity index (χ1v) is 27.1. The van der Waals surface area contributed by atoms with Crippen LogP contribution in [0.5, 0.6) is 0 Å². The van der Waals surface area contributed by atoms with Gasteiger partial charge in [-0.05, 0) is 215 Å². The summed E-state index contributed by atoms with van der Waals surface area (Å²) >= 11 is 0. The van der Waals surface area contributed by atoms with Gasteiger partial charge in [-0.15, -0.1) is 0 Å². The summed E-state index contributed by atoms with van der Waals surface area (Å²) in [6.45, 7) is 16.0. The molecule has 2 amide bonds. The number of carbonyl (C=O) groups is 2. The Balaban J connectivity index is 0.791. The van der Waals surface area contributed by atoms with Crippen LogP contribution in [0.15, 0.2) is 0 Å². The van der Waals surface area contributed by atoms with E-state index in [0.717, 1.165) is 103 Å². The van der Waals surface area contributed by atoms with E-state index in [0.29, 0.717) is 69.6 Å². The van der Waals surface area contributed by atoms with Gasteiger partial charge in [0, 0.05) is 32.5 Å². The summed E-state index contributed by atoms with van der Waals surface area (Å²) in [5, 5.41) is 71.5. The monoisotopic (exact) mass is 912 g/mol. The summed E-state index contributed by atoms with van der Waals surface area (Å²) < 4.78 is 0. The molecule has 8 aliphatic rings. The van der Waals surface area contributed by atoms with E-state index in [1.54, 1.807) is 0 Å². The predicted octanol–water partition coefficient (Wildman–Crippen LogP) is 6.43. The molecule has 0 saturated heterocycles. The minimum Gasteiger partial charge on any atom is -0.393 e. The van der Waals surface area contributed by atoms with Gasteiger partial charge in [0.2, 0.25) is 11.8 Å². The van der Waals surface area contributed by atoms with Crippen molar-refractivity contribution in [2.75, 3.05) is 26.2 Å². The third kappa shape index (κ3) is 8.82. The summed E-state index contributed by atoms with van der Waals surface area (Å²) in [5.41, 5.74) is 5.44. The Morgan fingerprint density at radius 3 is 1.55 bits per heavy atom. The van der Waals surface area contributed by atoms with Crippen molar-refractivity contribution in [2.24, 2.45) is 98.4 Å². The molecule has 0 spiro atoms. The zero-order valence-electron chi connectivity index (χ0n) is 41.4. The van der Waals surface area contributed by atoms with Crippen LogP contribution in [-0.2, 0) is 9.59 Å². The van der Waals surface area contributed by atoms with Gasteiger partial charge in [-0.2, -0.15) is 0 Å². The topological polar surface area (TPSA) is 197 Å². The molecule has 0 radical (unpaired) electrons. The fraction of sp³-hybridized carbons (Fsp3) is 0.963. The van der Waals surface area contributed by atoms with E-state index in [-0.39, 0.29) is 98.9 Å². The summed E-state index contributed by atoms with van der Waals surface area (Å²) in [6, 6.07) is 0. The van der Waals surface area contributed by atoms with E-state index in [2.05, 4.69) is 46.9 Å². The third-order valence-electron chi connectivity index (χ3n) is 22.6. The summed E-state index contributed by atoms with van der Waals surface area (Å²) in [6.07, 6.45) is 13.6. The number of rotatable bonds is 15. The molecule has 0 heterocycles. The molecule has 0 aromatic heterocycles. The van der Waals surface area contributed by atoms with E-state index in [1.165, 1.54) is 0 Å². The van der Waals surface area contributed by atoms with Crippen LogP contribution in [0.4, 0.5) is 0 Å². The van der Waals surface area contributed by atoms with Crippen LogP contribution in [0.2, 0.25) is 0 Å². The smallest absolute Gasteiger partial charge is 0.222 e. The highest BCUT2D eigenvalue weighted by atomic mass is 16.3. The van der Waals surface area contributed by atoms with Crippen LogP contribution in [0.3, 0.4) is 0 Å². The van der Waals surface area contributed by atoms with Crippen LogP contribution in [0.25, 0.3) is 0 Å². The second-order valence-corrected chi connectivity index (χ2v) is 25.3. The molecule has 0 aliphatic heterocycles. The minimum atomic E-state index is -0.442. The number of nitrogens with two attached hydrogens (primary N) is 1. The van der Waals surface area contributed by atoms with Gasteiger partial charge in [-0.3, -0.25) is 9.59 Å². The molecule has 8 fully saturated rings. The molecule has 0 aromatic carbocycles. The molecule has 8 aliphatic carbocycles. The second-order valence-electron chi connectivity index (χ2n) is 25.3. The first kappa shape index (κ1) is 50.1. The van der Waals surface area contributed by atoms with Gasteiger partial charge < -0.3 is 46.6 Å². The summed E-state index contributed by atoms with van der Waals surface area (Å²) in [5.74, 6) is 3.28. The molecule has 65 heavy (non-hydrogen) atoms. The maximum atomic E-state index is 13.8. The van der Waals surface area contributed by atoms with Gasteiger partial charge >= 0.3 is 0 Å². The zero-order valence-corrected chi connectivity index (χ0v) is 41.4. The Kier molecular flexibility index (Phi) is 15.0. The Morgan fingerprint density at radius 2 is 1.08 bits per heavy atom. The average Bonchev–Trinajstić information content (AvgIpc) is 3.82. The minimum absolute atomic E-state index is 0.0300. The molecule has 9 N–H and O–H groups in total. The summed E-state index contributed by atoms with van der Waals surface area (Å²) in [4.78, 5) is 29.0. The fourth-order valence-electron chi connectivity index (χ4n) is 18.8. The van der Waals surface area contributed by atoms with Gasteiger partial charge in [0.15, 0.2) is 0 Å². The lowest BCUT2D eigenvalue weighted by molar-refractivity contribution is -0.207. The number of nitrogens with zero attached hydrogens (tertiary/aromatic N) is 1. The lowest BCUT2D eigenvalue weighted by Crippen LogP contribution is -2.62. The van der Waals surface area contributed by atoms with Crippen molar-refractivity contribution in [1.82, 2.24) is 10.2 Å². The van der Waals surface area contributed by atoms with Crippen LogP contribution < -0.4 is 11.1 Å². The number of hydrogen-bond acceptors (Lipinski definition) is 9. The van der Waals surface area contributed by atoms with E-state index >= 15 is 0 Å². The van der Waals surface area contributed by atoms with Gasteiger partial charge in [0.25, 0.3) is 0 Å². The molecule has 11 nitrogen and oxygen atoms in total. The Morgan fingerprint density at radius 1 is 0.615 bits per heavy atom. The molecule has 8 rings (SSSR count). The number of amides is 2. The van der Waals surface area contributed by atoms with Crippen LogP contribution >= 0.6 is 0 Å². The number of fused-ring (bicyclic) bond motifs is 10. The number of aliphatic hydroxyl groups excluding tert-OH is 6. The van der Waals surface area contributed by atoms with Crippen molar-refractivity contribution < 1.29 is 40.2 Å². The number of aliphatic hydroxyl groups is 6. The van der Waals surface area contributed by atoms with Crippen molar-refractivity contribution in [2.45, 2.75) is 207 Å². The fourth-order valence-corrected chi connectivity index (χ4v) is 18.8. The largest absolute Gasteiger partial charge is 0.393 e. The zero-order chi connectivity index (χ0) is 46.8. The van der Waals surface area contributed by atoms with Crippen molar-refractivity contribution in [1.29, 1.82) is 0 Å². The van der Waals surface area contributed by atoms with Crippen molar-refractivity contribution in [3.8, 4) is 0 Å². The Hall–Kier alpha value is -1.34. The Bertz CT molecular complexity index is 1670. The highest BCUT2D eigenvalue weighted by Crippen LogP contribution is 2.70. The average molecular weight is 912 g/mol. The van der Waals surface area contributed by atoms with E-state index in [1.807, 2.05) is 4.90 Å². The molecular formula is C54H93N3O8. The number of hydrogen-bond donors (Lipinski definition) is 8. The normalized spacial score (nSPS) is 48.7. The van der Waals surface area contributed by atoms with Crippen molar-refractivity contribution in [3.63, 3.8) is 0 Å². The van der Waals surface area contributed by atoms with Crippen molar-refractivity contribution >= 4 is 11.8 Å². The molecule has 8 saturated carbocycles. The number of nitrogens with one attached hydrogen (secondary N) is 1. The van der Waals surface area contributed by atoms with Gasteiger partial charge in [-0.1, -0.05) is 41.5 Å². The van der Waals surface area contributed by atoms with Gasteiger partial charge in [0.1, 0.15) is 0 Å². The molecule has 0 unspecified atom stereocenters. The molecule has 372 valence electrons. The van der Waals surface area contributed by atoms with Gasteiger partial charge in [-0.25, -0.2) is 0 Å². The molecule has 0 aromatic rings. The van der Waals surface area contributed by atoms with Gasteiger partial charge in [0.05, 0.1) is 36.6 Å². The maximum absolute atomic E-state index is 13.8. The second kappa shape index (κ2) is 19.5. The van der Waals surface area contributed by atoms with E-state index in [4.69, 9.17) is 5.73 Å². The lowest BCUT2D eigenvalue weighted by Gasteiger charge is -2.63. The molecule has 22 atom stereocenters. The van der Waals surface area contributed by atoms with Crippen LogP contribution in [0.1, 0.15) is 170 Å². The molecule has 0 bridgehead atoms. The highest BCUT2D eigenvalue weighted by molar-refractivity contribution is 5.76. The maximum Gasteiger partial charge on any atom is 0.222 e. The quantitative estimate of drug-likeness (QED) is 0.0855. The lowest BCUT2D eigenvalue weighted by atomic mass is 9.43. The van der Waals surface area contributed by atoms with Crippen LogP contribution in [0, 0.1) is 92.7 Å².